The molecule has 1 atom stereocenters. The Morgan fingerprint density at radius 3 is 2.66 bits per heavy atom. The zero-order chi connectivity index (χ0) is 20.2. The van der Waals surface area contributed by atoms with Gasteiger partial charge < -0.3 is 15.0 Å². The molecular weight excluding hydrogens is 371 g/mol. The minimum Gasteiger partial charge on any atom is -0.475 e. The molecule has 6 nitrogen and oxygen atoms in total. The Morgan fingerprint density at radius 1 is 1.17 bits per heavy atom. The Kier molecular flexibility index (Phi) is 5.55. The van der Waals surface area contributed by atoms with Crippen LogP contribution in [0, 0.1) is 11.7 Å². The van der Waals surface area contributed by atoms with Gasteiger partial charge in [0.2, 0.25) is 5.91 Å². The summed E-state index contributed by atoms with van der Waals surface area (Å²) in [5, 5.41) is 2.71. The number of piperidine rings is 1. The number of hydrogen-bond acceptors (Lipinski definition) is 5. The van der Waals surface area contributed by atoms with Gasteiger partial charge in [0.15, 0.2) is 5.82 Å². The topological polar surface area (TPSA) is 67.4 Å². The first-order chi connectivity index (χ1) is 14.2. The van der Waals surface area contributed by atoms with Crippen molar-refractivity contribution in [2.45, 2.75) is 19.8 Å². The molecule has 0 bridgehead atoms. The number of nitrogens with zero attached hydrogens (tertiary/aromatic N) is 3. The fourth-order valence-electron chi connectivity index (χ4n) is 3.59. The van der Waals surface area contributed by atoms with Gasteiger partial charge in [-0.2, -0.15) is 0 Å². The third-order valence-corrected chi connectivity index (χ3v) is 5.03. The summed E-state index contributed by atoms with van der Waals surface area (Å²) in [4.78, 5) is 24.2. The van der Waals surface area contributed by atoms with Crippen molar-refractivity contribution in [3.63, 3.8) is 0 Å². The summed E-state index contributed by atoms with van der Waals surface area (Å²) < 4.78 is 19.6. The number of amides is 1. The average molecular weight is 394 g/mol. The van der Waals surface area contributed by atoms with E-state index < -0.39 is 5.82 Å². The number of rotatable bonds is 5. The predicted molar refractivity (Wildman–Crippen MR) is 111 cm³/mol. The molecule has 1 aliphatic heterocycles. The van der Waals surface area contributed by atoms with Gasteiger partial charge in [0.1, 0.15) is 5.82 Å². The van der Waals surface area contributed by atoms with E-state index >= 15 is 0 Å². The summed E-state index contributed by atoms with van der Waals surface area (Å²) in [6.45, 7) is 3.62. The first-order valence-electron chi connectivity index (χ1n) is 9.85. The maximum absolute atomic E-state index is 13.9. The van der Waals surface area contributed by atoms with Crippen molar-refractivity contribution >= 4 is 28.4 Å². The van der Waals surface area contributed by atoms with E-state index in [1.807, 2.05) is 36.1 Å². The monoisotopic (exact) mass is 394 g/mol. The molecule has 2 heterocycles. The lowest BCUT2D eigenvalue weighted by atomic mass is 9.97. The van der Waals surface area contributed by atoms with Crippen molar-refractivity contribution in [3.05, 3.63) is 54.3 Å². The fourth-order valence-corrected chi connectivity index (χ4v) is 3.59. The summed E-state index contributed by atoms with van der Waals surface area (Å²) in [7, 11) is 0. The molecule has 1 aliphatic rings. The molecule has 0 spiro atoms. The zero-order valence-corrected chi connectivity index (χ0v) is 16.3. The van der Waals surface area contributed by atoms with Crippen molar-refractivity contribution < 1.29 is 13.9 Å². The number of fused-ring (bicyclic) bond motifs is 1. The quantitative estimate of drug-likeness (QED) is 0.708. The largest absolute Gasteiger partial charge is 0.475 e. The summed E-state index contributed by atoms with van der Waals surface area (Å²) in [6.07, 6.45) is 1.57. The van der Waals surface area contributed by atoms with Gasteiger partial charge in [0, 0.05) is 13.1 Å². The molecule has 1 saturated heterocycles. The molecule has 0 unspecified atom stereocenters. The second kappa shape index (κ2) is 8.43. The average Bonchev–Trinajstić information content (AvgIpc) is 2.75. The minimum atomic E-state index is -0.437. The molecule has 3 aromatic rings. The van der Waals surface area contributed by atoms with Crippen molar-refractivity contribution in [3.8, 4) is 5.88 Å². The molecule has 2 aromatic carbocycles. The number of para-hydroxylation sites is 3. The van der Waals surface area contributed by atoms with Crippen LogP contribution in [0.25, 0.3) is 11.0 Å². The Balaban J connectivity index is 1.57. The number of benzene rings is 2. The van der Waals surface area contributed by atoms with Gasteiger partial charge in [-0.15, -0.1) is 0 Å². The van der Waals surface area contributed by atoms with Crippen LogP contribution in [-0.4, -0.2) is 35.6 Å². The molecule has 1 amide bonds. The lowest BCUT2D eigenvalue weighted by Crippen LogP contribution is -2.41. The number of carbonyl (C=O) groups excluding carboxylic acids is 1. The zero-order valence-electron chi connectivity index (χ0n) is 16.3. The molecule has 1 fully saturated rings. The predicted octanol–water partition coefficient (Wildman–Crippen LogP) is 4.02. The van der Waals surface area contributed by atoms with Gasteiger partial charge in [0.25, 0.3) is 5.88 Å². The molecule has 0 radical (unpaired) electrons. The molecular formula is C22H23FN4O2. The van der Waals surface area contributed by atoms with Crippen LogP contribution in [0.4, 0.5) is 15.9 Å². The number of carbonyl (C=O) groups is 1. The van der Waals surface area contributed by atoms with Gasteiger partial charge in [-0.3, -0.25) is 4.79 Å². The second-order valence-electron chi connectivity index (χ2n) is 7.03. The molecule has 4 rings (SSSR count). The Morgan fingerprint density at radius 2 is 1.90 bits per heavy atom. The van der Waals surface area contributed by atoms with E-state index in [-0.39, 0.29) is 17.5 Å². The van der Waals surface area contributed by atoms with Crippen molar-refractivity contribution in [2.24, 2.45) is 5.92 Å². The molecule has 29 heavy (non-hydrogen) atoms. The summed E-state index contributed by atoms with van der Waals surface area (Å²) >= 11 is 0. The third-order valence-electron chi connectivity index (χ3n) is 5.03. The van der Waals surface area contributed by atoms with E-state index in [0.29, 0.717) is 24.8 Å². The van der Waals surface area contributed by atoms with E-state index in [9.17, 15) is 9.18 Å². The highest BCUT2D eigenvalue weighted by molar-refractivity contribution is 5.93. The van der Waals surface area contributed by atoms with Crippen LogP contribution >= 0.6 is 0 Å². The SMILES string of the molecule is CCOc1nc2ccccc2nc1N1CCC[C@H](C(=O)Nc2ccccc2F)C1. The first kappa shape index (κ1) is 19.1. The second-order valence-corrected chi connectivity index (χ2v) is 7.03. The van der Waals surface area contributed by atoms with Crippen LogP contribution in [0.15, 0.2) is 48.5 Å². The third kappa shape index (κ3) is 4.13. The Hall–Kier alpha value is -3.22. The number of ether oxygens (including phenoxy) is 1. The molecule has 7 heteroatoms. The molecule has 1 N–H and O–H groups in total. The number of aromatic nitrogens is 2. The van der Waals surface area contributed by atoms with E-state index in [2.05, 4.69) is 10.3 Å². The lowest BCUT2D eigenvalue weighted by Gasteiger charge is -2.33. The smallest absolute Gasteiger partial charge is 0.258 e. The Bertz CT molecular complexity index is 1030. The van der Waals surface area contributed by atoms with Crippen LogP contribution in [0.3, 0.4) is 0 Å². The highest BCUT2D eigenvalue weighted by Crippen LogP contribution is 2.31. The first-order valence-corrected chi connectivity index (χ1v) is 9.85. The van der Waals surface area contributed by atoms with Gasteiger partial charge in [0.05, 0.1) is 29.2 Å². The highest BCUT2D eigenvalue weighted by atomic mass is 19.1. The van der Waals surface area contributed by atoms with Crippen LogP contribution in [0.1, 0.15) is 19.8 Å². The van der Waals surface area contributed by atoms with Gasteiger partial charge in [-0.1, -0.05) is 24.3 Å². The highest BCUT2D eigenvalue weighted by Gasteiger charge is 2.29. The summed E-state index contributed by atoms with van der Waals surface area (Å²) in [5.74, 6) is 0.223. The minimum absolute atomic E-state index is 0.188. The van der Waals surface area contributed by atoms with Crippen molar-refractivity contribution in [1.29, 1.82) is 0 Å². The van der Waals surface area contributed by atoms with Crippen LogP contribution in [-0.2, 0) is 4.79 Å². The number of hydrogen-bond donors (Lipinski definition) is 1. The summed E-state index contributed by atoms with van der Waals surface area (Å²) in [6, 6.07) is 13.8. The number of halogens is 1. The van der Waals surface area contributed by atoms with Crippen LogP contribution in [0.5, 0.6) is 5.88 Å². The lowest BCUT2D eigenvalue weighted by molar-refractivity contribution is -0.120. The maximum atomic E-state index is 13.9. The van der Waals surface area contributed by atoms with Gasteiger partial charge in [-0.05, 0) is 44.0 Å². The van der Waals surface area contributed by atoms with Crippen molar-refractivity contribution in [2.75, 3.05) is 29.9 Å². The summed E-state index contributed by atoms with van der Waals surface area (Å²) in [5.41, 5.74) is 1.75. The Labute approximate surface area is 168 Å². The van der Waals surface area contributed by atoms with E-state index in [1.54, 1.807) is 18.2 Å². The van der Waals surface area contributed by atoms with Crippen LogP contribution < -0.4 is 15.0 Å². The maximum Gasteiger partial charge on any atom is 0.258 e. The van der Waals surface area contributed by atoms with Gasteiger partial charge in [-0.25, -0.2) is 14.4 Å². The van der Waals surface area contributed by atoms with E-state index in [4.69, 9.17) is 9.72 Å². The fraction of sp³-hybridized carbons (Fsp3) is 0.318. The molecule has 150 valence electrons. The van der Waals surface area contributed by atoms with Crippen LogP contribution in [0.2, 0.25) is 0 Å². The molecule has 1 aromatic heterocycles. The van der Waals surface area contributed by atoms with Gasteiger partial charge >= 0.3 is 0 Å². The number of nitrogens with one attached hydrogen (secondary N) is 1. The normalized spacial score (nSPS) is 16.6. The number of anilines is 2. The van der Waals surface area contributed by atoms with E-state index in [1.165, 1.54) is 6.07 Å². The molecule has 0 aliphatic carbocycles. The van der Waals surface area contributed by atoms with E-state index in [0.717, 1.165) is 30.4 Å². The standard InChI is InChI=1S/C22H23FN4O2/c1-2-29-22-20(24-18-11-5-6-12-19(18)26-22)27-13-7-8-15(14-27)21(28)25-17-10-4-3-9-16(17)23/h3-6,9-12,15H,2,7-8,13-14H2,1H3,(H,25,28)/t15-/m0/s1. The molecule has 0 saturated carbocycles. The van der Waals surface area contributed by atoms with Crippen molar-refractivity contribution in [1.82, 2.24) is 9.97 Å².